The molecule has 0 aliphatic carbocycles. The molecule has 3 rings (SSSR count). The third-order valence-corrected chi connectivity index (χ3v) is 2.71. The Balaban J connectivity index is 2.10. The fourth-order valence-electron chi connectivity index (χ4n) is 1.66. The van der Waals surface area contributed by atoms with Gasteiger partial charge in [-0.05, 0) is 18.2 Å². The van der Waals surface area contributed by atoms with E-state index < -0.39 is 5.82 Å². The molecule has 0 radical (unpaired) electrons. The summed E-state index contributed by atoms with van der Waals surface area (Å²) in [5, 5.41) is 4.21. The van der Waals surface area contributed by atoms with Crippen LogP contribution in [0.3, 0.4) is 0 Å². The molecule has 0 aliphatic heterocycles. The van der Waals surface area contributed by atoms with E-state index in [4.69, 9.17) is 22.1 Å². The lowest BCUT2D eigenvalue weighted by molar-refractivity contribution is 0.431. The summed E-state index contributed by atoms with van der Waals surface area (Å²) in [4.78, 5) is 4.01. The number of halogens is 2. The number of anilines is 1. The molecule has 1 aromatic carbocycles. The quantitative estimate of drug-likeness (QED) is 0.732. The van der Waals surface area contributed by atoms with Gasteiger partial charge in [0.2, 0.25) is 5.88 Å². The van der Waals surface area contributed by atoms with Crippen molar-refractivity contribution in [3.05, 3.63) is 47.6 Å². The average molecular weight is 279 g/mol. The van der Waals surface area contributed by atoms with E-state index in [0.29, 0.717) is 5.52 Å². The van der Waals surface area contributed by atoms with Crippen molar-refractivity contribution in [3.8, 4) is 11.6 Å². The van der Waals surface area contributed by atoms with Gasteiger partial charge in [0, 0.05) is 0 Å². The Hall–Kier alpha value is -2.34. The molecule has 5 nitrogen and oxygen atoms in total. The smallest absolute Gasteiger partial charge is 0.247 e. The van der Waals surface area contributed by atoms with Crippen molar-refractivity contribution in [1.82, 2.24) is 14.6 Å². The molecular weight excluding hydrogens is 271 g/mol. The average Bonchev–Trinajstić information content (AvgIpc) is 2.83. The number of aromatic nitrogens is 3. The number of benzene rings is 1. The molecule has 2 aromatic heterocycles. The molecular formula is C12H8ClFN4O. The Morgan fingerprint density at radius 1 is 1.32 bits per heavy atom. The summed E-state index contributed by atoms with van der Waals surface area (Å²) in [7, 11) is 0. The zero-order valence-electron chi connectivity index (χ0n) is 9.55. The first kappa shape index (κ1) is 11.7. The van der Waals surface area contributed by atoms with Gasteiger partial charge in [0.15, 0.2) is 16.7 Å². The molecule has 0 saturated heterocycles. The SMILES string of the molecule is Nc1cccc(Oc2nc(Cl)cn3nccc23)c1F. The van der Waals surface area contributed by atoms with E-state index in [2.05, 4.69) is 10.1 Å². The predicted octanol–water partition coefficient (Wildman–Crippen LogP) is 2.90. The first-order chi connectivity index (χ1) is 9.15. The molecule has 0 spiro atoms. The fourth-order valence-corrected chi connectivity index (χ4v) is 1.83. The van der Waals surface area contributed by atoms with Crippen molar-refractivity contribution in [1.29, 1.82) is 0 Å². The van der Waals surface area contributed by atoms with Gasteiger partial charge in [-0.15, -0.1) is 0 Å². The molecule has 3 aromatic rings. The van der Waals surface area contributed by atoms with Crippen LogP contribution in [0.25, 0.3) is 5.52 Å². The summed E-state index contributed by atoms with van der Waals surface area (Å²) < 4.78 is 20.7. The molecule has 7 heteroatoms. The van der Waals surface area contributed by atoms with E-state index in [1.165, 1.54) is 22.8 Å². The molecule has 0 amide bonds. The van der Waals surface area contributed by atoms with Crippen molar-refractivity contribution in [2.24, 2.45) is 0 Å². The van der Waals surface area contributed by atoms with Crippen LogP contribution in [0.15, 0.2) is 36.7 Å². The normalized spacial score (nSPS) is 10.8. The van der Waals surface area contributed by atoms with Crippen LogP contribution in [0.5, 0.6) is 11.6 Å². The molecule has 96 valence electrons. The summed E-state index contributed by atoms with van der Waals surface area (Å²) >= 11 is 5.85. The standard InChI is InChI=1S/C12H8ClFN4O/c13-10-6-18-8(4-5-16-18)12(17-10)19-9-3-1-2-7(15)11(9)14/h1-6H,15H2. The Bertz CT molecular complexity index is 759. The van der Waals surface area contributed by atoms with Crippen LogP contribution in [-0.4, -0.2) is 14.6 Å². The molecule has 0 bridgehead atoms. The lowest BCUT2D eigenvalue weighted by Crippen LogP contribution is -1.98. The van der Waals surface area contributed by atoms with E-state index >= 15 is 0 Å². The van der Waals surface area contributed by atoms with Crippen LogP contribution in [0.4, 0.5) is 10.1 Å². The minimum Gasteiger partial charge on any atom is -0.434 e. The molecule has 2 N–H and O–H groups in total. The number of fused-ring (bicyclic) bond motifs is 1. The second-order valence-corrected chi connectivity index (χ2v) is 4.18. The zero-order valence-corrected chi connectivity index (χ0v) is 10.3. The lowest BCUT2D eigenvalue weighted by Gasteiger charge is -2.08. The highest BCUT2D eigenvalue weighted by Gasteiger charge is 2.12. The van der Waals surface area contributed by atoms with Crippen LogP contribution in [0.1, 0.15) is 0 Å². The van der Waals surface area contributed by atoms with Crippen molar-refractivity contribution >= 4 is 22.8 Å². The third-order valence-electron chi connectivity index (χ3n) is 2.53. The van der Waals surface area contributed by atoms with Crippen molar-refractivity contribution in [3.63, 3.8) is 0 Å². The van der Waals surface area contributed by atoms with Crippen LogP contribution in [0, 0.1) is 5.82 Å². The maximum absolute atomic E-state index is 13.8. The Morgan fingerprint density at radius 2 is 2.16 bits per heavy atom. The number of ether oxygens (including phenoxy) is 1. The largest absolute Gasteiger partial charge is 0.434 e. The van der Waals surface area contributed by atoms with Gasteiger partial charge in [0.05, 0.1) is 18.1 Å². The fraction of sp³-hybridized carbons (Fsp3) is 0. The topological polar surface area (TPSA) is 65.4 Å². The summed E-state index contributed by atoms with van der Waals surface area (Å²) in [5.74, 6) is -0.491. The molecule has 2 heterocycles. The van der Waals surface area contributed by atoms with Gasteiger partial charge < -0.3 is 10.5 Å². The van der Waals surface area contributed by atoms with E-state index in [9.17, 15) is 4.39 Å². The number of rotatable bonds is 2. The summed E-state index contributed by atoms with van der Waals surface area (Å²) in [6, 6.07) is 6.18. The Kier molecular flexibility index (Phi) is 2.72. The van der Waals surface area contributed by atoms with E-state index in [0.717, 1.165) is 0 Å². The number of nitrogens with two attached hydrogens (primary N) is 1. The van der Waals surface area contributed by atoms with Gasteiger partial charge in [0.25, 0.3) is 0 Å². The van der Waals surface area contributed by atoms with Crippen molar-refractivity contribution in [2.75, 3.05) is 5.73 Å². The summed E-state index contributed by atoms with van der Waals surface area (Å²) in [5.41, 5.74) is 6.06. The predicted molar refractivity (Wildman–Crippen MR) is 68.9 cm³/mol. The third kappa shape index (κ3) is 2.06. The molecule has 0 unspecified atom stereocenters. The van der Waals surface area contributed by atoms with E-state index in [1.54, 1.807) is 18.3 Å². The monoisotopic (exact) mass is 278 g/mol. The van der Waals surface area contributed by atoms with E-state index in [-0.39, 0.29) is 22.5 Å². The van der Waals surface area contributed by atoms with Gasteiger partial charge in [-0.3, -0.25) is 0 Å². The Morgan fingerprint density at radius 3 is 3.00 bits per heavy atom. The summed E-state index contributed by atoms with van der Waals surface area (Å²) in [6.45, 7) is 0. The molecule has 0 saturated carbocycles. The maximum Gasteiger partial charge on any atom is 0.247 e. The van der Waals surface area contributed by atoms with Crippen LogP contribution in [-0.2, 0) is 0 Å². The maximum atomic E-state index is 13.8. The molecule has 19 heavy (non-hydrogen) atoms. The number of nitrogens with zero attached hydrogens (tertiary/aromatic N) is 3. The van der Waals surface area contributed by atoms with Crippen LogP contribution < -0.4 is 10.5 Å². The second kappa shape index (κ2) is 4.40. The first-order valence-electron chi connectivity index (χ1n) is 5.37. The second-order valence-electron chi connectivity index (χ2n) is 3.79. The highest BCUT2D eigenvalue weighted by atomic mass is 35.5. The van der Waals surface area contributed by atoms with Gasteiger partial charge in [-0.1, -0.05) is 17.7 Å². The highest BCUT2D eigenvalue weighted by molar-refractivity contribution is 6.29. The molecule has 0 fully saturated rings. The lowest BCUT2D eigenvalue weighted by atomic mass is 10.3. The van der Waals surface area contributed by atoms with Gasteiger partial charge in [0.1, 0.15) is 5.52 Å². The molecule has 0 aliphatic rings. The number of hydrogen-bond acceptors (Lipinski definition) is 4. The van der Waals surface area contributed by atoms with E-state index in [1.807, 2.05) is 0 Å². The van der Waals surface area contributed by atoms with Gasteiger partial charge in [-0.2, -0.15) is 10.1 Å². The highest BCUT2D eigenvalue weighted by Crippen LogP contribution is 2.29. The summed E-state index contributed by atoms with van der Waals surface area (Å²) in [6.07, 6.45) is 3.09. The molecule has 0 atom stereocenters. The van der Waals surface area contributed by atoms with Gasteiger partial charge in [-0.25, -0.2) is 8.91 Å². The number of nitrogen functional groups attached to an aromatic ring is 1. The van der Waals surface area contributed by atoms with Gasteiger partial charge >= 0.3 is 0 Å². The Labute approximate surface area is 112 Å². The van der Waals surface area contributed by atoms with Crippen molar-refractivity contribution < 1.29 is 9.13 Å². The van der Waals surface area contributed by atoms with Crippen LogP contribution >= 0.6 is 11.6 Å². The number of hydrogen-bond donors (Lipinski definition) is 1. The first-order valence-corrected chi connectivity index (χ1v) is 5.74. The zero-order chi connectivity index (χ0) is 13.4. The minimum absolute atomic E-state index is 0.00376. The van der Waals surface area contributed by atoms with Crippen LogP contribution in [0.2, 0.25) is 5.15 Å². The van der Waals surface area contributed by atoms with Crippen molar-refractivity contribution in [2.45, 2.75) is 0 Å². The minimum atomic E-state index is -0.637.